The van der Waals surface area contributed by atoms with Crippen molar-refractivity contribution in [2.75, 3.05) is 13.7 Å². The Bertz CT molecular complexity index is 894. The van der Waals surface area contributed by atoms with Gasteiger partial charge in [0.2, 0.25) is 5.89 Å². The Morgan fingerprint density at radius 3 is 2.96 bits per heavy atom. The molecule has 0 saturated carbocycles. The summed E-state index contributed by atoms with van der Waals surface area (Å²) in [5, 5.41) is 3.98. The molecule has 3 aromatic rings. The van der Waals surface area contributed by atoms with Crippen LogP contribution in [0.4, 0.5) is 4.39 Å². The molecule has 2 heterocycles. The van der Waals surface area contributed by atoms with E-state index in [4.69, 9.17) is 14.0 Å². The van der Waals surface area contributed by atoms with Gasteiger partial charge in [0.05, 0.1) is 13.0 Å². The highest BCUT2D eigenvalue weighted by molar-refractivity contribution is 5.42. The summed E-state index contributed by atoms with van der Waals surface area (Å²) in [7, 11) is 1.63. The first-order chi connectivity index (χ1) is 12.2. The highest BCUT2D eigenvalue weighted by atomic mass is 19.1. The number of hydrogen-bond donors (Lipinski definition) is 0. The molecule has 4 rings (SSSR count). The lowest BCUT2D eigenvalue weighted by atomic mass is 9.96. The van der Waals surface area contributed by atoms with Crippen LogP contribution in [-0.2, 0) is 12.8 Å². The first kappa shape index (κ1) is 15.6. The van der Waals surface area contributed by atoms with Crippen LogP contribution in [0, 0.1) is 5.82 Å². The molecule has 2 aromatic carbocycles. The number of benzene rings is 2. The maximum absolute atomic E-state index is 13.8. The van der Waals surface area contributed by atoms with Crippen LogP contribution in [0.15, 0.2) is 47.0 Å². The van der Waals surface area contributed by atoms with Crippen LogP contribution < -0.4 is 9.47 Å². The number of rotatable bonds is 4. The molecule has 6 heteroatoms. The molecule has 0 fully saturated rings. The van der Waals surface area contributed by atoms with Crippen molar-refractivity contribution in [1.82, 2.24) is 10.1 Å². The SMILES string of the molecule is COc1ccc2c(c1)C[C@@H](c1nc(Cc3ccccc3F)no1)CO2. The second kappa shape index (κ2) is 6.55. The normalized spacial score (nSPS) is 16.2. The number of methoxy groups -OCH3 is 1. The highest BCUT2D eigenvalue weighted by Crippen LogP contribution is 2.34. The lowest BCUT2D eigenvalue weighted by Gasteiger charge is -2.23. The van der Waals surface area contributed by atoms with Crippen molar-refractivity contribution in [3.63, 3.8) is 0 Å². The van der Waals surface area contributed by atoms with Crippen molar-refractivity contribution in [2.24, 2.45) is 0 Å². The predicted molar refractivity (Wildman–Crippen MR) is 88.4 cm³/mol. The van der Waals surface area contributed by atoms with E-state index >= 15 is 0 Å². The highest BCUT2D eigenvalue weighted by Gasteiger charge is 2.26. The third-order valence-electron chi connectivity index (χ3n) is 4.31. The predicted octanol–water partition coefficient (Wildman–Crippen LogP) is 3.53. The molecular weight excluding hydrogens is 323 g/mol. The molecule has 0 aliphatic carbocycles. The Labute approximate surface area is 144 Å². The molecular formula is C19H17FN2O3. The van der Waals surface area contributed by atoms with Gasteiger partial charge < -0.3 is 14.0 Å². The summed E-state index contributed by atoms with van der Waals surface area (Å²) < 4.78 is 30.2. The molecule has 5 nitrogen and oxygen atoms in total. The van der Waals surface area contributed by atoms with Crippen molar-refractivity contribution < 1.29 is 18.4 Å². The van der Waals surface area contributed by atoms with Gasteiger partial charge in [-0.3, -0.25) is 0 Å². The van der Waals surface area contributed by atoms with E-state index in [1.807, 2.05) is 18.2 Å². The first-order valence-electron chi connectivity index (χ1n) is 8.08. The molecule has 128 valence electrons. The van der Waals surface area contributed by atoms with Crippen LogP contribution >= 0.6 is 0 Å². The van der Waals surface area contributed by atoms with E-state index in [1.54, 1.807) is 25.3 Å². The average molecular weight is 340 g/mol. The molecule has 25 heavy (non-hydrogen) atoms. The number of nitrogens with zero attached hydrogens (tertiary/aromatic N) is 2. The minimum Gasteiger partial charge on any atom is -0.497 e. The second-order valence-corrected chi connectivity index (χ2v) is 6.00. The van der Waals surface area contributed by atoms with Crippen molar-refractivity contribution in [3.05, 3.63) is 71.1 Å². The van der Waals surface area contributed by atoms with Gasteiger partial charge in [-0.15, -0.1) is 0 Å². The molecule has 1 aliphatic heterocycles. The molecule has 0 spiro atoms. The minimum atomic E-state index is -0.268. The van der Waals surface area contributed by atoms with E-state index in [0.717, 1.165) is 23.5 Å². The van der Waals surface area contributed by atoms with E-state index in [1.165, 1.54) is 6.07 Å². The Morgan fingerprint density at radius 2 is 2.12 bits per heavy atom. The molecule has 0 N–H and O–H groups in total. The van der Waals surface area contributed by atoms with Crippen LogP contribution in [0.2, 0.25) is 0 Å². The van der Waals surface area contributed by atoms with Gasteiger partial charge >= 0.3 is 0 Å². The Morgan fingerprint density at radius 1 is 1.24 bits per heavy atom. The van der Waals surface area contributed by atoms with Gasteiger partial charge in [-0.2, -0.15) is 4.98 Å². The summed E-state index contributed by atoms with van der Waals surface area (Å²) >= 11 is 0. The lowest BCUT2D eigenvalue weighted by molar-refractivity contribution is 0.229. The molecule has 0 amide bonds. The maximum Gasteiger partial charge on any atom is 0.233 e. The van der Waals surface area contributed by atoms with Crippen molar-refractivity contribution in [2.45, 2.75) is 18.8 Å². The summed E-state index contributed by atoms with van der Waals surface area (Å²) in [6, 6.07) is 12.3. The van der Waals surface area contributed by atoms with Gasteiger partial charge in [0.1, 0.15) is 23.9 Å². The Balaban J connectivity index is 1.51. The minimum absolute atomic E-state index is 0.0264. The summed E-state index contributed by atoms with van der Waals surface area (Å²) in [5.41, 5.74) is 1.59. The third-order valence-corrected chi connectivity index (χ3v) is 4.31. The molecule has 0 bridgehead atoms. The standard InChI is InChI=1S/C19H17FN2O3/c1-23-15-6-7-17-13(9-15)8-14(11-24-17)19-21-18(22-25-19)10-12-4-2-3-5-16(12)20/h2-7,9,14H,8,10-11H2,1H3/t14-/m1/s1. The maximum atomic E-state index is 13.8. The van der Waals surface area contributed by atoms with Gasteiger partial charge in [-0.25, -0.2) is 4.39 Å². The molecule has 1 aliphatic rings. The Hall–Kier alpha value is -2.89. The molecule has 1 aromatic heterocycles. The summed E-state index contributed by atoms with van der Waals surface area (Å²) in [6.45, 7) is 0.473. The van der Waals surface area contributed by atoms with Crippen LogP contribution in [0.5, 0.6) is 11.5 Å². The number of aromatic nitrogens is 2. The summed E-state index contributed by atoms with van der Waals surface area (Å²) in [4.78, 5) is 4.43. The van der Waals surface area contributed by atoms with E-state index < -0.39 is 0 Å². The lowest BCUT2D eigenvalue weighted by Crippen LogP contribution is -2.19. The fourth-order valence-corrected chi connectivity index (χ4v) is 2.97. The number of hydrogen-bond acceptors (Lipinski definition) is 5. The largest absolute Gasteiger partial charge is 0.497 e. The van der Waals surface area contributed by atoms with Gasteiger partial charge in [-0.05, 0) is 41.8 Å². The first-order valence-corrected chi connectivity index (χ1v) is 8.08. The monoisotopic (exact) mass is 340 g/mol. The second-order valence-electron chi connectivity index (χ2n) is 6.00. The zero-order chi connectivity index (χ0) is 17.2. The van der Waals surface area contributed by atoms with Crippen LogP contribution in [-0.4, -0.2) is 23.9 Å². The zero-order valence-corrected chi connectivity index (χ0v) is 13.7. The smallest absolute Gasteiger partial charge is 0.233 e. The van der Waals surface area contributed by atoms with E-state index in [2.05, 4.69) is 10.1 Å². The number of ether oxygens (including phenoxy) is 2. The average Bonchev–Trinajstić information content (AvgIpc) is 3.11. The number of fused-ring (bicyclic) bond motifs is 1. The number of halogens is 1. The van der Waals surface area contributed by atoms with E-state index in [-0.39, 0.29) is 11.7 Å². The molecule has 0 unspecified atom stereocenters. The Kier molecular flexibility index (Phi) is 4.09. The fourth-order valence-electron chi connectivity index (χ4n) is 2.97. The summed E-state index contributed by atoms with van der Waals surface area (Å²) in [5.74, 6) is 2.32. The van der Waals surface area contributed by atoms with Gasteiger partial charge in [-0.1, -0.05) is 23.4 Å². The zero-order valence-electron chi connectivity index (χ0n) is 13.7. The fraction of sp³-hybridized carbons (Fsp3) is 0.263. The topological polar surface area (TPSA) is 57.4 Å². The molecule has 1 atom stereocenters. The van der Waals surface area contributed by atoms with Crippen LogP contribution in [0.25, 0.3) is 0 Å². The van der Waals surface area contributed by atoms with Crippen LogP contribution in [0.1, 0.15) is 28.8 Å². The van der Waals surface area contributed by atoms with Crippen molar-refractivity contribution in [3.8, 4) is 11.5 Å². The van der Waals surface area contributed by atoms with Gasteiger partial charge in [0.25, 0.3) is 0 Å². The van der Waals surface area contributed by atoms with Gasteiger partial charge in [0.15, 0.2) is 5.82 Å². The van der Waals surface area contributed by atoms with Crippen LogP contribution in [0.3, 0.4) is 0 Å². The van der Waals surface area contributed by atoms with E-state index in [0.29, 0.717) is 30.3 Å². The third kappa shape index (κ3) is 3.20. The molecule has 0 saturated heterocycles. The quantitative estimate of drug-likeness (QED) is 0.727. The van der Waals surface area contributed by atoms with Crippen molar-refractivity contribution >= 4 is 0 Å². The van der Waals surface area contributed by atoms with Gasteiger partial charge in [0, 0.05) is 6.42 Å². The summed E-state index contributed by atoms with van der Waals surface area (Å²) in [6.07, 6.45) is 1.03. The van der Waals surface area contributed by atoms with Crippen molar-refractivity contribution in [1.29, 1.82) is 0 Å². The molecule has 0 radical (unpaired) electrons. The van der Waals surface area contributed by atoms with E-state index in [9.17, 15) is 4.39 Å².